The summed E-state index contributed by atoms with van der Waals surface area (Å²) in [5, 5.41) is 13.3. The van der Waals surface area contributed by atoms with Crippen LogP contribution in [0.3, 0.4) is 0 Å². The fourth-order valence-electron chi connectivity index (χ4n) is 1.83. The lowest BCUT2D eigenvalue weighted by Crippen LogP contribution is -2.13. The van der Waals surface area contributed by atoms with E-state index in [-0.39, 0.29) is 23.6 Å². The van der Waals surface area contributed by atoms with Crippen LogP contribution < -0.4 is 5.32 Å². The number of hydrogen-bond donors (Lipinski definition) is 1. The van der Waals surface area contributed by atoms with E-state index in [0.29, 0.717) is 6.07 Å². The Hall–Kier alpha value is -2.71. The third-order valence-corrected chi connectivity index (χ3v) is 2.81. The second kappa shape index (κ2) is 5.96. The Balaban J connectivity index is 2.28. The Labute approximate surface area is 121 Å². The number of benzene rings is 1. The molecule has 0 aliphatic rings. The molecule has 0 fully saturated rings. The molecule has 0 aliphatic carbocycles. The van der Waals surface area contributed by atoms with Gasteiger partial charge in [0, 0.05) is 18.8 Å². The standard InChI is InChI=1S/C13H9F4N3O2/c14-9-4-3-8(10(6-9)13(15,16)17)7-19-12-11(20(21)22)2-1-5-18-12/h1-6H,7H2,(H,18,19). The van der Waals surface area contributed by atoms with Crippen molar-refractivity contribution >= 4 is 11.5 Å². The monoisotopic (exact) mass is 315 g/mol. The Morgan fingerprint density at radius 1 is 1.27 bits per heavy atom. The molecule has 0 saturated carbocycles. The van der Waals surface area contributed by atoms with Crippen LogP contribution in [0.15, 0.2) is 36.5 Å². The van der Waals surface area contributed by atoms with Gasteiger partial charge in [0.25, 0.3) is 0 Å². The van der Waals surface area contributed by atoms with Gasteiger partial charge in [0.05, 0.1) is 10.5 Å². The summed E-state index contributed by atoms with van der Waals surface area (Å²) in [7, 11) is 0. The van der Waals surface area contributed by atoms with Crippen molar-refractivity contribution in [3.8, 4) is 0 Å². The Bertz CT molecular complexity index is 704. The van der Waals surface area contributed by atoms with Gasteiger partial charge >= 0.3 is 11.9 Å². The van der Waals surface area contributed by atoms with Gasteiger partial charge in [-0.1, -0.05) is 6.07 Å². The molecule has 1 aromatic heterocycles. The van der Waals surface area contributed by atoms with E-state index < -0.39 is 22.5 Å². The van der Waals surface area contributed by atoms with Crippen LogP contribution in [0.5, 0.6) is 0 Å². The SMILES string of the molecule is O=[N+]([O-])c1cccnc1NCc1ccc(F)cc1C(F)(F)F. The van der Waals surface area contributed by atoms with Crippen molar-refractivity contribution in [3.63, 3.8) is 0 Å². The number of aromatic nitrogens is 1. The van der Waals surface area contributed by atoms with E-state index in [1.54, 1.807) is 0 Å². The number of nitrogens with one attached hydrogen (secondary N) is 1. The molecule has 0 radical (unpaired) electrons. The fraction of sp³-hybridized carbons (Fsp3) is 0.154. The summed E-state index contributed by atoms with van der Waals surface area (Å²) in [6, 6.07) is 4.75. The molecule has 1 heterocycles. The van der Waals surface area contributed by atoms with Gasteiger partial charge in [-0.3, -0.25) is 10.1 Å². The predicted octanol–water partition coefficient (Wildman–Crippen LogP) is 3.76. The number of alkyl halides is 3. The number of hydrogen-bond acceptors (Lipinski definition) is 4. The minimum atomic E-state index is -4.73. The van der Waals surface area contributed by atoms with E-state index in [4.69, 9.17) is 0 Å². The topological polar surface area (TPSA) is 68.1 Å². The lowest BCUT2D eigenvalue weighted by Gasteiger charge is -2.13. The van der Waals surface area contributed by atoms with Crippen LogP contribution in [0, 0.1) is 15.9 Å². The highest BCUT2D eigenvalue weighted by atomic mass is 19.4. The zero-order valence-corrected chi connectivity index (χ0v) is 10.9. The van der Waals surface area contributed by atoms with E-state index in [9.17, 15) is 27.7 Å². The summed E-state index contributed by atoms with van der Waals surface area (Å²) >= 11 is 0. The van der Waals surface area contributed by atoms with E-state index in [2.05, 4.69) is 10.3 Å². The van der Waals surface area contributed by atoms with Gasteiger partial charge in [-0.05, 0) is 23.8 Å². The zero-order valence-electron chi connectivity index (χ0n) is 10.9. The quantitative estimate of drug-likeness (QED) is 0.530. The van der Waals surface area contributed by atoms with Crippen molar-refractivity contribution in [2.24, 2.45) is 0 Å². The fourth-order valence-corrected chi connectivity index (χ4v) is 1.83. The first-order valence-corrected chi connectivity index (χ1v) is 5.98. The molecule has 2 rings (SSSR count). The maximum atomic E-state index is 13.0. The maximum Gasteiger partial charge on any atom is 0.416 e. The third kappa shape index (κ3) is 3.48. The van der Waals surface area contributed by atoms with E-state index in [1.807, 2.05) is 0 Å². The summed E-state index contributed by atoms with van der Waals surface area (Å²) in [6.45, 7) is -0.382. The van der Waals surface area contributed by atoms with Crippen molar-refractivity contribution in [1.82, 2.24) is 4.98 Å². The van der Waals surface area contributed by atoms with Gasteiger partial charge in [0.1, 0.15) is 5.82 Å². The maximum absolute atomic E-state index is 13.0. The molecule has 9 heteroatoms. The lowest BCUT2D eigenvalue weighted by atomic mass is 10.1. The van der Waals surface area contributed by atoms with Crippen molar-refractivity contribution in [1.29, 1.82) is 0 Å². The van der Waals surface area contributed by atoms with E-state index >= 15 is 0 Å². The van der Waals surface area contributed by atoms with Crippen LogP contribution in [0.4, 0.5) is 29.1 Å². The summed E-state index contributed by atoms with van der Waals surface area (Å²) in [6.07, 6.45) is -3.46. The molecule has 0 atom stereocenters. The van der Waals surface area contributed by atoms with Gasteiger partial charge in [0.15, 0.2) is 0 Å². The van der Waals surface area contributed by atoms with Crippen LogP contribution in [-0.2, 0) is 12.7 Å². The molecule has 0 amide bonds. The van der Waals surface area contributed by atoms with Gasteiger partial charge < -0.3 is 5.32 Å². The van der Waals surface area contributed by atoms with Crippen molar-refractivity contribution in [2.75, 3.05) is 5.32 Å². The normalized spacial score (nSPS) is 11.3. The number of nitro groups is 1. The molecule has 5 nitrogen and oxygen atoms in total. The molecule has 1 N–H and O–H groups in total. The second-order valence-electron chi connectivity index (χ2n) is 4.28. The summed E-state index contributed by atoms with van der Waals surface area (Å²) in [5.74, 6) is -1.18. The van der Waals surface area contributed by atoms with Crippen LogP contribution in [0.1, 0.15) is 11.1 Å². The zero-order chi connectivity index (χ0) is 16.3. The highest BCUT2D eigenvalue weighted by Crippen LogP contribution is 2.33. The second-order valence-corrected chi connectivity index (χ2v) is 4.28. The Morgan fingerprint density at radius 2 is 2.00 bits per heavy atom. The third-order valence-electron chi connectivity index (χ3n) is 2.81. The summed E-state index contributed by atoms with van der Waals surface area (Å²) in [4.78, 5) is 13.8. The smallest absolute Gasteiger partial charge is 0.360 e. The molecule has 0 saturated heterocycles. The number of pyridine rings is 1. The number of anilines is 1. The van der Waals surface area contributed by atoms with Crippen molar-refractivity contribution in [3.05, 3.63) is 63.6 Å². The first-order chi connectivity index (χ1) is 10.3. The molecule has 22 heavy (non-hydrogen) atoms. The van der Waals surface area contributed by atoms with E-state index in [0.717, 1.165) is 12.1 Å². The molecule has 0 spiro atoms. The lowest BCUT2D eigenvalue weighted by molar-refractivity contribution is -0.384. The minimum Gasteiger partial charge on any atom is -0.360 e. The Kier molecular flexibility index (Phi) is 4.25. The highest BCUT2D eigenvalue weighted by Gasteiger charge is 2.33. The molecule has 2 aromatic rings. The van der Waals surface area contributed by atoms with Crippen LogP contribution in [-0.4, -0.2) is 9.91 Å². The van der Waals surface area contributed by atoms with Crippen LogP contribution in [0.2, 0.25) is 0 Å². The molecule has 0 aliphatic heterocycles. The molecule has 1 aromatic carbocycles. The van der Waals surface area contributed by atoms with Gasteiger partial charge in [-0.2, -0.15) is 13.2 Å². The first kappa shape index (κ1) is 15.7. The molecular weight excluding hydrogens is 306 g/mol. The number of halogens is 4. The highest BCUT2D eigenvalue weighted by molar-refractivity contribution is 5.55. The van der Waals surface area contributed by atoms with Crippen LogP contribution in [0.25, 0.3) is 0 Å². The molecule has 0 bridgehead atoms. The largest absolute Gasteiger partial charge is 0.416 e. The number of nitrogens with zero attached hydrogens (tertiary/aromatic N) is 2. The van der Waals surface area contributed by atoms with Crippen LogP contribution >= 0.6 is 0 Å². The first-order valence-electron chi connectivity index (χ1n) is 5.98. The molecular formula is C13H9F4N3O2. The molecule has 116 valence electrons. The summed E-state index contributed by atoms with van der Waals surface area (Å²) in [5.41, 5.74) is -1.74. The van der Waals surface area contributed by atoms with Gasteiger partial charge in [-0.15, -0.1) is 0 Å². The molecule has 0 unspecified atom stereocenters. The predicted molar refractivity (Wildman–Crippen MR) is 69.6 cm³/mol. The van der Waals surface area contributed by atoms with Gasteiger partial charge in [0.2, 0.25) is 5.82 Å². The average molecular weight is 315 g/mol. The number of rotatable bonds is 4. The average Bonchev–Trinajstić information content (AvgIpc) is 2.45. The van der Waals surface area contributed by atoms with Crippen molar-refractivity contribution in [2.45, 2.75) is 12.7 Å². The minimum absolute atomic E-state index is 0.162. The van der Waals surface area contributed by atoms with Gasteiger partial charge in [-0.25, -0.2) is 9.37 Å². The Morgan fingerprint density at radius 3 is 2.64 bits per heavy atom. The summed E-state index contributed by atoms with van der Waals surface area (Å²) < 4.78 is 51.5. The van der Waals surface area contributed by atoms with Crippen molar-refractivity contribution < 1.29 is 22.5 Å². The van der Waals surface area contributed by atoms with E-state index in [1.165, 1.54) is 18.3 Å².